The molecule has 0 N–H and O–H groups in total. The zero-order valence-corrected chi connectivity index (χ0v) is 12.9. The Morgan fingerprint density at radius 1 is 1.14 bits per heavy atom. The minimum absolute atomic E-state index is 0.101. The fourth-order valence-electron chi connectivity index (χ4n) is 1.85. The van der Waals surface area contributed by atoms with Gasteiger partial charge in [-0.3, -0.25) is 9.59 Å². The number of aryl methyl sites for hydroxylation is 1. The Labute approximate surface area is 125 Å². The molecular weight excluding hydrogens is 270 g/mol. The number of benzene rings is 1. The molecule has 0 atom stereocenters. The van der Waals surface area contributed by atoms with Crippen LogP contribution in [0.15, 0.2) is 24.3 Å². The smallest absolute Gasteiger partial charge is 0.307 e. The van der Waals surface area contributed by atoms with E-state index in [-0.39, 0.29) is 18.3 Å². The first-order valence-electron chi connectivity index (χ1n) is 7.09. The van der Waals surface area contributed by atoms with Crippen LogP contribution in [-0.2, 0) is 14.3 Å². The van der Waals surface area contributed by atoms with Gasteiger partial charge in [-0.1, -0.05) is 17.7 Å². The largest absolute Gasteiger partial charge is 0.466 e. The summed E-state index contributed by atoms with van der Waals surface area (Å²) in [5.41, 5.74) is 1.71. The number of carbonyl (C=O) groups excluding carboxylic acids is 2. The first kappa shape index (κ1) is 17.2. The molecule has 0 bridgehead atoms. The Bertz CT molecular complexity index is 456. The van der Waals surface area contributed by atoms with Crippen molar-refractivity contribution >= 4 is 11.9 Å². The van der Waals surface area contributed by atoms with Crippen LogP contribution in [0.25, 0.3) is 0 Å². The number of amides is 1. The van der Waals surface area contributed by atoms with Crippen LogP contribution >= 0.6 is 0 Å². The van der Waals surface area contributed by atoms with Crippen molar-refractivity contribution in [1.82, 2.24) is 4.90 Å². The predicted octanol–water partition coefficient (Wildman–Crippen LogP) is 2.04. The SMILES string of the molecule is CCOC(=O)CCN(CCOC)C(=O)c1ccc(C)cc1. The summed E-state index contributed by atoms with van der Waals surface area (Å²) in [7, 11) is 1.58. The number of methoxy groups -OCH3 is 1. The predicted molar refractivity (Wildman–Crippen MR) is 80.2 cm³/mol. The summed E-state index contributed by atoms with van der Waals surface area (Å²) in [6.45, 7) is 5.29. The summed E-state index contributed by atoms with van der Waals surface area (Å²) in [4.78, 5) is 25.5. The molecule has 0 aliphatic carbocycles. The minimum atomic E-state index is -0.295. The van der Waals surface area contributed by atoms with Crippen molar-refractivity contribution in [2.45, 2.75) is 20.3 Å². The average molecular weight is 293 g/mol. The number of ether oxygens (including phenoxy) is 2. The highest BCUT2D eigenvalue weighted by Gasteiger charge is 2.17. The highest BCUT2D eigenvalue weighted by Crippen LogP contribution is 2.08. The molecule has 1 rings (SSSR count). The van der Waals surface area contributed by atoms with E-state index in [4.69, 9.17) is 9.47 Å². The number of rotatable bonds is 8. The number of hydrogen-bond donors (Lipinski definition) is 0. The van der Waals surface area contributed by atoms with Gasteiger partial charge in [0.25, 0.3) is 5.91 Å². The van der Waals surface area contributed by atoms with Crippen LogP contribution < -0.4 is 0 Å². The highest BCUT2D eigenvalue weighted by atomic mass is 16.5. The number of nitrogens with zero attached hydrogens (tertiary/aromatic N) is 1. The Morgan fingerprint density at radius 2 is 1.81 bits per heavy atom. The average Bonchev–Trinajstić information content (AvgIpc) is 2.48. The van der Waals surface area contributed by atoms with Crippen molar-refractivity contribution in [3.63, 3.8) is 0 Å². The summed E-state index contributed by atoms with van der Waals surface area (Å²) < 4.78 is 9.91. The second-order valence-corrected chi connectivity index (χ2v) is 4.71. The van der Waals surface area contributed by atoms with E-state index in [0.717, 1.165) is 5.56 Å². The summed E-state index contributed by atoms with van der Waals surface area (Å²) in [6, 6.07) is 7.38. The van der Waals surface area contributed by atoms with Gasteiger partial charge in [0.1, 0.15) is 0 Å². The molecule has 0 aliphatic heterocycles. The first-order chi connectivity index (χ1) is 10.1. The van der Waals surface area contributed by atoms with Gasteiger partial charge in [0.05, 0.1) is 19.6 Å². The van der Waals surface area contributed by atoms with Gasteiger partial charge >= 0.3 is 5.97 Å². The lowest BCUT2D eigenvalue weighted by Crippen LogP contribution is -2.35. The fraction of sp³-hybridized carbons (Fsp3) is 0.500. The summed E-state index contributed by atoms with van der Waals surface area (Å²) in [5.74, 6) is -0.395. The van der Waals surface area contributed by atoms with Gasteiger partial charge in [0, 0.05) is 25.8 Å². The lowest BCUT2D eigenvalue weighted by Gasteiger charge is -2.22. The molecule has 0 heterocycles. The van der Waals surface area contributed by atoms with E-state index in [1.165, 1.54) is 0 Å². The van der Waals surface area contributed by atoms with Crippen molar-refractivity contribution in [3.05, 3.63) is 35.4 Å². The number of carbonyl (C=O) groups is 2. The van der Waals surface area contributed by atoms with E-state index in [1.54, 1.807) is 31.1 Å². The molecule has 5 heteroatoms. The third-order valence-corrected chi connectivity index (χ3v) is 3.04. The topological polar surface area (TPSA) is 55.8 Å². The summed E-state index contributed by atoms with van der Waals surface area (Å²) in [5, 5.41) is 0. The molecule has 116 valence electrons. The maximum absolute atomic E-state index is 12.5. The van der Waals surface area contributed by atoms with Crippen molar-refractivity contribution in [3.8, 4) is 0 Å². The molecule has 1 amide bonds. The van der Waals surface area contributed by atoms with Gasteiger partial charge < -0.3 is 14.4 Å². The Kier molecular flexibility index (Phi) is 7.46. The van der Waals surface area contributed by atoms with Crippen LogP contribution in [0.1, 0.15) is 29.3 Å². The van der Waals surface area contributed by atoms with E-state index in [0.29, 0.717) is 31.9 Å². The van der Waals surface area contributed by atoms with Crippen LogP contribution in [0.4, 0.5) is 0 Å². The van der Waals surface area contributed by atoms with Gasteiger partial charge in [0.2, 0.25) is 0 Å². The second kappa shape index (κ2) is 9.13. The molecule has 0 saturated heterocycles. The Morgan fingerprint density at radius 3 is 2.38 bits per heavy atom. The van der Waals surface area contributed by atoms with Crippen LogP contribution in [0.3, 0.4) is 0 Å². The van der Waals surface area contributed by atoms with Gasteiger partial charge in [0.15, 0.2) is 0 Å². The third kappa shape index (κ3) is 5.95. The monoisotopic (exact) mass is 293 g/mol. The van der Waals surface area contributed by atoms with Gasteiger partial charge in [-0.15, -0.1) is 0 Å². The molecule has 0 saturated carbocycles. The first-order valence-corrected chi connectivity index (χ1v) is 7.09. The summed E-state index contributed by atoms with van der Waals surface area (Å²) >= 11 is 0. The zero-order valence-electron chi connectivity index (χ0n) is 12.9. The molecule has 0 fully saturated rings. The Balaban J connectivity index is 2.69. The molecule has 21 heavy (non-hydrogen) atoms. The third-order valence-electron chi connectivity index (χ3n) is 3.04. The van der Waals surface area contributed by atoms with E-state index >= 15 is 0 Å². The van der Waals surface area contributed by atoms with Gasteiger partial charge in [-0.25, -0.2) is 0 Å². The molecule has 0 spiro atoms. The highest BCUT2D eigenvalue weighted by molar-refractivity contribution is 5.94. The Hall–Kier alpha value is -1.88. The molecule has 5 nitrogen and oxygen atoms in total. The summed E-state index contributed by atoms with van der Waals surface area (Å²) in [6.07, 6.45) is 0.190. The normalized spacial score (nSPS) is 10.2. The fourth-order valence-corrected chi connectivity index (χ4v) is 1.85. The quantitative estimate of drug-likeness (QED) is 0.688. The maximum Gasteiger partial charge on any atom is 0.307 e. The molecule has 0 radical (unpaired) electrons. The lowest BCUT2D eigenvalue weighted by molar-refractivity contribution is -0.143. The molecule has 1 aromatic rings. The van der Waals surface area contributed by atoms with Gasteiger partial charge in [-0.05, 0) is 26.0 Å². The van der Waals surface area contributed by atoms with E-state index in [2.05, 4.69) is 0 Å². The maximum atomic E-state index is 12.5. The molecule has 1 aromatic carbocycles. The number of esters is 1. The van der Waals surface area contributed by atoms with Crippen molar-refractivity contribution < 1.29 is 19.1 Å². The van der Waals surface area contributed by atoms with Crippen LogP contribution in [0.5, 0.6) is 0 Å². The van der Waals surface area contributed by atoms with Crippen LogP contribution in [0.2, 0.25) is 0 Å². The standard InChI is InChI=1S/C16H23NO4/c1-4-21-15(18)9-10-17(11-12-20-3)16(19)14-7-5-13(2)6-8-14/h5-8H,4,9-12H2,1-3H3. The van der Waals surface area contributed by atoms with E-state index < -0.39 is 0 Å². The lowest BCUT2D eigenvalue weighted by atomic mass is 10.1. The molecular formula is C16H23NO4. The van der Waals surface area contributed by atoms with E-state index in [1.807, 2.05) is 19.1 Å². The number of hydrogen-bond acceptors (Lipinski definition) is 4. The molecule has 0 unspecified atom stereocenters. The zero-order chi connectivity index (χ0) is 15.7. The van der Waals surface area contributed by atoms with Crippen molar-refractivity contribution in [2.24, 2.45) is 0 Å². The van der Waals surface area contributed by atoms with Crippen molar-refractivity contribution in [2.75, 3.05) is 33.4 Å². The van der Waals surface area contributed by atoms with Crippen LogP contribution in [0, 0.1) is 6.92 Å². The van der Waals surface area contributed by atoms with E-state index in [9.17, 15) is 9.59 Å². The molecule has 0 aromatic heterocycles. The van der Waals surface area contributed by atoms with Crippen LogP contribution in [-0.4, -0.2) is 50.2 Å². The molecule has 0 aliphatic rings. The van der Waals surface area contributed by atoms with Crippen molar-refractivity contribution in [1.29, 1.82) is 0 Å². The second-order valence-electron chi connectivity index (χ2n) is 4.71. The minimum Gasteiger partial charge on any atom is -0.466 e. The van der Waals surface area contributed by atoms with Gasteiger partial charge in [-0.2, -0.15) is 0 Å².